The molecule has 1 aliphatic rings. The first-order chi connectivity index (χ1) is 11.8. The highest BCUT2D eigenvalue weighted by molar-refractivity contribution is 5.81. The van der Waals surface area contributed by atoms with Crippen LogP contribution in [-0.4, -0.2) is 54.3 Å². The smallest absolute Gasteiger partial charge is 0.234 e. The molecule has 1 heterocycles. The summed E-state index contributed by atoms with van der Waals surface area (Å²) in [4.78, 5) is 28.7. The van der Waals surface area contributed by atoms with Gasteiger partial charge in [0.15, 0.2) is 0 Å². The monoisotopic (exact) mass is 345 g/mol. The summed E-state index contributed by atoms with van der Waals surface area (Å²) in [5, 5.41) is 2.98. The molecule has 0 aliphatic carbocycles. The Morgan fingerprint density at radius 3 is 2.56 bits per heavy atom. The zero-order chi connectivity index (χ0) is 18.4. The second-order valence-corrected chi connectivity index (χ2v) is 7.96. The summed E-state index contributed by atoms with van der Waals surface area (Å²) in [5.74, 6) is 0.196. The molecule has 0 bridgehead atoms. The van der Waals surface area contributed by atoms with Crippen molar-refractivity contribution >= 4 is 11.8 Å². The number of rotatable bonds is 5. The van der Waals surface area contributed by atoms with Gasteiger partial charge in [-0.2, -0.15) is 0 Å². The third kappa shape index (κ3) is 5.85. The van der Waals surface area contributed by atoms with Crippen molar-refractivity contribution in [2.45, 2.75) is 46.2 Å². The van der Waals surface area contributed by atoms with Gasteiger partial charge in [-0.3, -0.25) is 14.5 Å². The Morgan fingerprint density at radius 1 is 1.24 bits per heavy atom. The van der Waals surface area contributed by atoms with Crippen molar-refractivity contribution in [2.75, 3.05) is 26.7 Å². The van der Waals surface area contributed by atoms with Gasteiger partial charge in [0.2, 0.25) is 11.8 Å². The molecule has 5 heteroatoms. The van der Waals surface area contributed by atoms with Crippen molar-refractivity contribution in [2.24, 2.45) is 5.41 Å². The van der Waals surface area contributed by atoms with Gasteiger partial charge in [-0.05, 0) is 24.9 Å². The van der Waals surface area contributed by atoms with Gasteiger partial charge in [-0.25, -0.2) is 0 Å². The molecular formula is C20H31N3O2. The fourth-order valence-corrected chi connectivity index (χ4v) is 3.24. The summed E-state index contributed by atoms with van der Waals surface area (Å²) in [5.41, 5.74) is 0.729. The maximum Gasteiger partial charge on any atom is 0.234 e. The Labute approximate surface area is 151 Å². The van der Waals surface area contributed by atoms with E-state index < -0.39 is 0 Å². The van der Waals surface area contributed by atoms with Gasteiger partial charge < -0.3 is 10.2 Å². The number of amides is 2. The number of carbonyl (C=O) groups excluding carboxylic acids is 2. The molecular weight excluding hydrogens is 314 g/mol. The van der Waals surface area contributed by atoms with Crippen molar-refractivity contribution < 1.29 is 9.59 Å². The molecule has 1 aromatic carbocycles. The lowest BCUT2D eigenvalue weighted by Gasteiger charge is -2.39. The number of carbonyl (C=O) groups is 2. The van der Waals surface area contributed by atoms with E-state index in [2.05, 4.69) is 10.2 Å². The van der Waals surface area contributed by atoms with Gasteiger partial charge >= 0.3 is 0 Å². The minimum absolute atomic E-state index is 0.0364. The number of likely N-dealkylation sites (N-methyl/N-ethyl adjacent to an activating group) is 1. The highest BCUT2D eigenvalue weighted by Gasteiger charge is 2.32. The maximum absolute atomic E-state index is 12.5. The molecule has 1 aliphatic heterocycles. The number of hydrogen-bond donors (Lipinski definition) is 1. The summed E-state index contributed by atoms with van der Waals surface area (Å²) in [7, 11) is 1.89. The van der Waals surface area contributed by atoms with Crippen molar-refractivity contribution in [3.63, 3.8) is 0 Å². The molecule has 0 radical (unpaired) electrons. The summed E-state index contributed by atoms with van der Waals surface area (Å²) in [6, 6.07) is 10.1. The molecule has 0 spiro atoms. The molecule has 1 aromatic rings. The molecule has 1 unspecified atom stereocenters. The Bertz CT molecular complexity index is 580. The highest BCUT2D eigenvalue weighted by atomic mass is 16.2. The molecule has 25 heavy (non-hydrogen) atoms. The minimum Gasteiger partial charge on any atom is -0.351 e. The van der Waals surface area contributed by atoms with Gasteiger partial charge in [-0.1, -0.05) is 51.1 Å². The van der Waals surface area contributed by atoms with Crippen molar-refractivity contribution in [1.82, 2.24) is 15.1 Å². The largest absolute Gasteiger partial charge is 0.351 e. The van der Waals surface area contributed by atoms with Crippen molar-refractivity contribution in [1.29, 1.82) is 0 Å². The summed E-state index contributed by atoms with van der Waals surface area (Å²) in [6.07, 6.45) is 2.01. The zero-order valence-corrected chi connectivity index (χ0v) is 15.9. The van der Waals surface area contributed by atoms with Crippen LogP contribution in [0.15, 0.2) is 30.3 Å². The van der Waals surface area contributed by atoms with Crippen LogP contribution in [-0.2, 0) is 16.1 Å². The number of likely N-dealkylation sites (tertiary alicyclic amines) is 1. The van der Waals surface area contributed by atoms with E-state index in [0.29, 0.717) is 13.1 Å². The van der Waals surface area contributed by atoms with Crippen LogP contribution in [0.2, 0.25) is 0 Å². The topological polar surface area (TPSA) is 52.7 Å². The Morgan fingerprint density at radius 2 is 1.92 bits per heavy atom. The van der Waals surface area contributed by atoms with Gasteiger partial charge in [0.05, 0.1) is 6.54 Å². The van der Waals surface area contributed by atoms with Crippen LogP contribution in [0.1, 0.15) is 39.2 Å². The van der Waals surface area contributed by atoms with Crippen LogP contribution in [0.4, 0.5) is 0 Å². The number of piperidine rings is 1. The number of hydrogen-bond acceptors (Lipinski definition) is 3. The quantitative estimate of drug-likeness (QED) is 0.891. The van der Waals surface area contributed by atoms with E-state index in [1.54, 1.807) is 0 Å². The van der Waals surface area contributed by atoms with Gasteiger partial charge in [0, 0.05) is 31.6 Å². The lowest BCUT2D eigenvalue weighted by atomic mass is 9.93. The third-order valence-electron chi connectivity index (χ3n) is 4.69. The molecule has 138 valence electrons. The van der Waals surface area contributed by atoms with E-state index in [9.17, 15) is 9.59 Å². The van der Waals surface area contributed by atoms with Crippen LogP contribution >= 0.6 is 0 Å². The van der Waals surface area contributed by atoms with E-state index in [-0.39, 0.29) is 23.3 Å². The van der Waals surface area contributed by atoms with Crippen LogP contribution in [0.3, 0.4) is 0 Å². The normalized spacial score (nSPS) is 18.6. The zero-order valence-electron chi connectivity index (χ0n) is 15.9. The Hall–Kier alpha value is -1.88. The molecule has 2 amide bonds. The van der Waals surface area contributed by atoms with Crippen LogP contribution in [0, 0.1) is 5.41 Å². The first-order valence-electron chi connectivity index (χ1n) is 9.07. The molecule has 0 saturated carbocycles. The highest BCUT2D eigenvalue weighted by Crippen LogP contribution is 2.22. The lowest BCUT2D eigenvalue weighted by Crippen LogP contribution is -2.52. The van der Waals surface area contributed by atoms with Gasteiger partial charge in [0.1, 0.15) is 0 Å². The average Bonchev–Trinajstić information content (AvgIpc) is 2.59. The standard InChI is InChI=1S/C20H31N3O2/c1-20(2,3)19(25)22(4)17-11-8-12-23(14-17)15-18(24)21-13-16-9-6-5-7-10-16/h5-7,9-10,17H,8,11-15H2,1-4H3,(H,21,24). The van der Waals surface area contributed by atoms with Gasteiger partial charge in [-0.15, -0.1) is 0 Å². The first-order valence-corrected chi connectivity index (χ1v) is 9.07. The third-order valence-corrected chi connectivity index (χ3v) is 4.69. The van der Waals surface area contributed by atoms with E-state index >= 15 is 0 Å². The molecule has 1 saturated heterocycles. The molecule has 1 N–H and O–H groups in total. The molecule has 0 aromatic heterocycles. The lowest BCUT2D eigenvalue weighted by molar-refractivity contribution is -0.141. The van der Waals surface area contributed by atoms with Crippen LogP contribution in [0.25, 0.3) is 0 Å². The SMILES string of the molecule is CN(C(=O)C(C)(C)C)C1CCCN(CC(=O)NCc2ccccc2)C1. The fourth-order valence-electron chi connectivity index (χ4n) is 3.24. The maximum atomic E-state index is 12.5. The van der Waals surface area contributed by atoms with Crippen molar-refractivity contribution in [3.05, 3.63) is 35.9 Å². The molecule has 1 fully saturated rings. The first kappa shape index (κ1) is 19.4. The summed E-state index contributed by atoms with van der Waals surface area (Å²) >= 11 is 0. The van der Waals surface area contributed by atoms with E-state index in [1.807, 2.05) is 63.1 Å². The Kier molecular flexibility index (Phi) is 6.59. The number of nitrogens with zero attached hydrogens (tertiary/aromatic N) is 2. The van der Waals surface area contributed by atoms with Gasteiger partial charge in [0.25, 0.3) is 0 Å². The number of nitrogens with one attached hydrogen (secondary N) is 1. The molecule has 2 rings (SSSR count). The van der Waals surface area contributed by atoms with Crippen molar-refractivity contribution in [3.8, 4) is 0 Å². The van der Waals surface area contributed by atoms with Crippen LogP contribution in [0.5, 0.6) is 0 Å². The second-order valence-electron chi connectivity index (χ2n) is 7.96. The Balaban J connectivity index is 1.82. The minimum atomic E-state index is -0.371. The van der Waals surface area contributed by atoms with E-state index in [4.69, 9.17) is 0 Å². The predicted octanol–water partition coefficient (Wildman–Crippen LogP) is 2.27. The predicted molar refractivity (Wildman–Crippen MR) is 100.0 cm³/mol. The van der Waals surface area contributed by atoms with E-state index in [1.165, 1.54) is 0 Å². The van der Waals surface area contributed by atoms with E-state index in [0.717, 1.165) is 31.5 Å². The molecule has 1 atom stereocenters. The average molecular weight is 345 g/mol. The fraction of sp³-hybridized carbons (Fsp3) is 0.600. The number of benzene rings is 1. The summed E-state index contributed by atoms with van der Waals surface area (Å²) in [6.45, 7) is 8.46. The summed E-state index contributed by atoms with van der Waals surface area (Å²) < 4.78 is 0. The second kappa shape index (κ2) is 8.48. The van der Waals surface area contributed by atoms with Crippen LogP contribution < -0.4 is 5.32 Å². The molecule has 5 nitrogen and oxygen atoms in total.